The highest BCUT2D eigenvalue weighted by molar-refractivity contribution is 7.09. The van der Waals surface area contributed by atoms with Crippen molar-refractivity contribution in [2.45, 2.75) is 24.7 Å². The Morgan fingerprint density at radius 1 is 1.16 bits per heavy atom. The van der Waals surface area contributed by atoms with E-state index in [0.29, 0.717) is 0 Å². The largest absolute Gasteiger partial charge is 0.355 e. The molecule has 0 aliphatic heterocycles. The molecule has 1 aromatic heterocycles. The van der Waals surface area contributed by atoms with Gasteiger partial charge in [0.05, 0.1) is 5.41 Å². The third-order valence-corrected chi connectivity index (χ3v) is 4.68. The maximum atomic E-state index is 12.3. The molecule has 1 saturated carbocycles. The van der Waals surface area contributed by atoms with Crippen LogP contribution < -0.4 is 5.32 Å². The number of carbonyl (C=O) groups excluding carboxylic acids is 1. The van der Waals surface area contributed by atoms with Gasteiger partial charge in [0.15, 0.2) is 0 Å². The van der Waals surface area contributed by atoms with Crippen LogP contribution in [0, 0.1) is 0 Å². The van der Waals surface area contributed by atoms with Gasteiger partial charge in [-0.25, -0.2) is 0 Å². The topological polar surface area (TPSA) is 29.1 Å². The van der Waals surface area contributed by atoms with E-state index in [1.165, 1.54) is 4.88 Å². The summed E-state index contributed by atoms with van der Waals surface area (Å²) in [6.07, 6.45) is 2.87. The van der Waals surface area contributed by atoms with Gasteiger partial charge in [-0.05, 0) is 36.3 Å². The number of amides is 1. The normalized spacial score (nSPS) is 16.0. The first-order valence-electron chi connectivity index (χ1n) is 6.67. The van der Waals surface area contributed by atoms with Crippen LogP contribution >= 0.6 is 11.3 Å². The monoisotopic (exact) mass is 271 g/mol. The van der Waals surface area contributed by atoms with Crippen LogP contribution in [0.5, 0.6) is 0 Å². The van der Waals surface area contributed by atoms with Crippen molar-refractivity contribution < 1.29 is 4.79 Å². The number of carbonyl (C=O) groups is 1. The Morgan fingerprint density at radius 2 is 1.95 bits per heavy atom. The lowest BCUT2D eigenvalue weighted by molar-refractivity contribution is -0.123. The SMILES string of the molecule is O=C(NCCc1cccs1)C1(c2ccccc2)CC1. The van der Waals surface area contributed by atoms with E-state index in [0.717, 1.165) is 31.4 Å². The molecule has 1 amide bonds. The maximum Gasteiger partial charge on any atom is 0.230 e. The Bertz CT molecular complexity index is 543. The zero-order valence-corrected chi connectivity index (χ0v) is 11.6. The van der Waals surface area contributed by atoms with Crippen LogP contribution in [-0.4, -0.2) is 12.5 Å². The third kappa shape index (κ3) is 2.56. The van der Waals surface area contributed by atoms with E-state index in [-0.39, 0.29) is 11.3 Å². The van der Waals surface area contributed by atoms with Gasteiger partial charge in [-0.1, -0.05) is 36.4 Å². The van der Waals surface area contributed by atoms with Crippen LogP contribution in [0.4, 0.5) is 0 Å². The Labute approximate surface area is 117 Å². The summed E-state index contributed by atoms with van der Waals surface area (Å²) in [6, 6.07) is 14.3. The van der Waals surface area contributed by atoms with Crippen molar-refractivity contribution in [2.75, 3.05) is 6.54 Å². The fourth-order valence-corrected chi connectivity index (χ4v) is 3.16. The van der Waals surface area contributed by atoms with Crippen molar-refractivity contribution in [3.05, 3.63) is 58.3 Å². The summed E-state index contributed by atoms with van der Waals surface area (Å²) in [4.78, 5) is 13.7. The molecule has 19 heavy (non-hydrogen) atoms. The van der Waals surface area contributed by atoms with Crippen LogP contribution in [0.25, 0.3) is 0 Å². The summed E-state index contributed by atoms with van der Waals surface area (Å²) in [5.41, 5.74) is 0.917. The molecule has 3 rings (SSSR count). The highest BCUT2D eigenvalue weighted by Crippen LogP contribution is 2.48. The summed E-state index contributed by atoms with van der Waals surface area (Å²) in [6.45, 7) is 0.730. The molecule has 0 spiro atoms. The molecular weight excluding hydrogens is 254 g/mol. The minimum Gasteiger partial charge on any atom is -0.355 e. The van der Waals surface area contributed by atoms with Crippen LogP contribution in [0.3, 0.4) is 0 Å². The first kappa shape index (κ1) is 12.4. The molecule has 0 saturated heterocycles. The van der Waals surface area contributed by atoms with Gasteiger partial charge in [0.1, 0.15) is 0 Å². The fourth-order valence-electron chi connectivity index (χ4n) is 2.45. The van der Waals surface area contributed by atoms with E-state index in [4.69, 9.17) is 0 Å². The molecule has 0 radical (unpaired) electrons. The van der Waals surface area contributed by atoms with E-state index < -0.39 is 0 Å². The molecule has 2 nitrogen and oxygen atoms in total. The zero-order valence-electron chi connectivity index (χ0n) is 10.8. The quantitative estimate of drug-likeness (QED) is 0.889. The lowest BCUT2D eigenvalue weighted by Crippen LogP contribution is -2.35. The first-order chi connectivity index (χ1) is 9.31. The lowest BCUT2D eigenvalue weighted by Gasteiger charge is -2.15. The van der Waals surface area contributed by atoms with Crippen LogP contribution in [0.2, 0.25) is 0 Å². The van der Waals surface area contributed by atoms with Gasteiger partial charge in [0.2, 0.25) is 5.91 Å². The first-order valence-corrected chi connectivity index (χ1v) is 7.55. The van der Waals surface area contributed by atoms with Gasteiger partial charge in [-0.2, -0.15) is 0 Å². The molecular formula is C16H17NOS. The molecule has 98 valence electrons. The second-order valence-corrected chi connectivity index (χ2v) is 6.07. The number of hydrogen-bond acceptors (Lipinski definition) is 2. The molecule has 0 bridgehead atoms. The average Bonchev–Trinajstić information content (AvgIpc) is 3.11. The van der Waals surface area contributed by atoms with Crippen LogP contribution in [0.1, 0.15) is 23.3 Å². The summed E-state index contributed by atoms with van der Waals surface area (Å²) < 4.78 is 0. The zero-order chi connectivity index (χ0) is 13.1. The summed E-state index contributed by atoms with van der Waals surface area (Å²) in [7, 11) is 0. The molecule has 0 unspecified atom stereocenters. The Kier molecular flexibility index (Phi) is 3.38. The van der Waals surface area contributed by atoms with Crippen molar-refractivity contribution >= 4 is 17.2 Å². The summed E-state index contributed by atoms with van der Waals surface area (Å²) in [5, 5.41) is 5.16. The smallest absolute Gasteiger partial charge is 0.230 e. The maximum absolute atomic E-state index is 12.3. The van der Waals surface area contributed by atoms with E-state index in [2.05, 4.69) is 28.9 Å². The second-order valence-electron chi connectivity index (χ2n) is 5.03. The molecule has 1 fully saturated rings. The van der Waals surface area contributed by atoms with Crippen LogP contribution in [0.15, 0.2) is 47.8 Å². The third-order valence-electron chi connectivity index (χ3n) is 3.75. The van der Waals surface area contributed by atoms with Crippen molar-refractivity contribution in [3.63, 3.8) is 0 Å². The molecule has 1 aromatic carbocycles. The molecule has 2 aromatic rings. The van der Waals surface area contributed by atoms with E-state index >= 15 is 0 Å². The highest BCUT2D eigenvalue weighted by Gasteiger charge is 2.50. The van der Waals surface area contributed by atoms with Gasteiger partial charge < -0.3 is 5.32 Å². The van der Waals surface area contributed by atoms with Crippen molar-refractivity contribution in [2.24, 2.45) is 0 Å². The minimum absolute atomic E-state index is 0.190. The fraction of sp³-hybridized carbons (Fsp3) is 0.312. The minimum atomic E-state index is -0.239. The number of thiophene rings is 1. The molecule has 1 heterocycles. The molecule has 3 heteroatoms. The summed E-state index contributed by atoms with van der Waals surface area (Å²) >= 11 is 1.74. The van der Waals surface area contributed by atoms with Gasteiger partial charge >= 0.3 is 0 Å². The van der Waals surface area contributed by atoms with Gasteiger partial charge in [0, 0.05) is 11.4 Å². The van der Waals surface area contributed by atoms with Gasteiger partial charge in [-0.15, -0.1) is 11.3 Å². The summed E-state index contributed by atoms with van der Waals surface area (Å²) in [5.74, 6) is 0.190. The number of rotatable bonds is 5. The standard InChI is InChI=1S/C16H17NOS/c18-15(17-11-8-14-7-4-12-19-14)16(9-10-16)13-5-2-1-3-6-13/h1-7,12H,8-11H2,(H,17,18). The number of nitrogens with one attached hydrogen (secondary N) is 1. The van der Waals surface area contributed by atoms with Crippen molar-refractivity contribution in [3.8, 4) is 0 Å². The Hall–Kier alpha value is -1.61. The number of hydrogen-bond donors (Lipinski definition) is 1. The number of benzene rings is 1. The molecule has 1 N–H and O–H groups in total. The molecule has 1 aliphatic carbocycles. The van der Waals surface area contributed by atoms with E-state index in [1.54, 1.807) is 11.3 Å². The highest BCUT2D eigenvalue weighted by atomic mass is 32.1. The predicted molar refractivity (Wildman–Crippen MR) is 78.4 cm³/mol. The van der Waals surface area contributed by atoms with E-state index in [9.17, 15) is 4.79 Å². The van der Waals surface area contributed by atoms with Crippen LogP contribution in [-0.2, 0) is 16.6 Å². The Morgan fingerprint density at radius 3 is 2.58 bits per heavy atom. The Balaban J connectivity index is 1.59. The van der Waals surface area contributed by atoms with Crippen molar-refractivity contribution in [1.29, 1.82) is 0 Å². The lowest BCUT2D eigenvalue weighted by atomic mass is 9.95. The second kappa shape index (κ2) is 5.17. The van der Waals surface area contributed by atoms with Gasteiger partial charge in [0.25, 0.3) is 0 Å². The van der Waals surface area contributed by atoms with Gasteiger partial charge in [-0.3, -0.25) is 4.79 Å². The predicted octanol–water partition coefficient (Wildman–Crippen LogP) is 3.14. The molecule has 0 atom stereocenters. The van der Waals surface area contributed by atoms with Crippen molar-refractivity contribution in [1.82, 2.24) is 5.32 Å². The molecule has 1 aliphatic rings. The average molecular weight is 271 g/mol. The van der Waals surface area contributed by atoms with E-state index in [1.807, 2.05) is 24.3 Å².